The molecule has 2 atom stereocenters. The lowest BCUT2D eigenvalue weighted by molar-refractivity contribution is 0.311. The van der Waals surface area contributed by atoms with Crippen LogP contribution >= 0.6 is 11.6 Å². The van der Waals surface area contributed by atoms with Gasteiger partial charge in [0.05, 0.1) is 6.04 Å². The smallest absolute Gasteiger partial charge is 0.193 e. The van der Waals surface area contributed by atoms with Crippen LogP contribution in [-0.4, -0.2) is 6.54 Å². The third-order valence-electron chi connectivity index (χ3n) is 2.83. The number of hydrogen-bond acceptors (Lipinski definition) is 2. The Bertz CT molecular complexity index is 298. The van der Waals surface area contributed by atoms with Crippen molar-refractivity contribution in [1.82, 2.24) is 5.32 Å². The summed E-state index contributed by atoms with van der Waals surface area (Å²) in [5.74, 6) is 1.53. The average Bonchev–Trinajstić information content (AvgIpc) is 2.66. The van der Waals surface area contributed by atoms with Gasteiger partial charge in [0.1, 0.15) is 5.76 Å². The molecule has 0 spiro atoms. The van der Waals surface area contributed by atoms with Crippen LogP contribution in [0.3, 0.4) is 0 Å². The Kier molecular flexibility index (Phi) is 5.93. The fourth-order valence-corrected chi connectivity index (χ4v) is 2.15. The summed E-state index contributed by atoms with van der Waals surface area (Å²) >= 11 is 5.83. The molecule has 2 unspecified atom stereocenters. The highest BCUT2D eigenvalue weighted by Crippen LogP contribution is 2.28. The summed E-state index contributed by atoms with van der Waals surface area (Å²) in [5.41, 5.74) is 0. The van der Waals surface area contributed by atoms with Crippen LogP contribution in [0.25, 0.3) is 0 Å². The van der Waals surface area contributed by atoms with Crippen LogP contribution in [0.5, 0.6) is 0 Å². The molecule has 1 heterocycles. The Balaban J connectivity index is 2.69. The zero-order valence-corrected chi connectivity index (χ0v) is 11.2. The maximum absolute atomic E-state index is 5.83. The molecular formula is C13H22ClNO. The van der Waals surface area contributed by atoms with Crippen LogP contribution in [0.1, 0.15) is 51.8 Å². The third kappa shape index (κ3) is 3.84. The van der Waals surface area contributed by atoms with Gasteiger partial charge < -0.3 is 9.73 Å². The van der Waals surface area contributed by atoms with Crippen molar-refractivity contribution in [1.29, 1.82) is 0 Å². The molecule has 0 fully saturated rings. The van der Waals surface area contributed by atoms with E-state index in [2.05, 4.69) is 26.1 Å². The first-order valence-electron chi connectivity index (χ1n) is 6.17. The molecule has 0 aliphatic carbocycles. The molecule has 0 radical (unpaired) electrons. The number of hydrogen-bond donors (Lipinski definition) is 1. The molecule has 92 valence electrons. The van der Waals surface area contributed by atoms with Crippen molar-refractivity contribution in [2.75, 3.05) is 6.54 Å². The van der Waals surface area contributed by atoms with Gasteiger partial charge in [-0.05, 0) is 49.0 Å². The number of rotatable bonds is 7. The van der Waals surface area contributed by atoms with Crippen LogP contribution in [0.4, 0.5) is 0 Å². The fourth-order valence-electron chi connectivity index (χ4n) is 2.00. The second-order valence-electron chi connectivity index (χ2n) is 4.34. The van der Waals surface area contributed by atoms with E-state index in [1.807, 2.05) is 12.1 Å². The minimum Gasteiger partial charge on any atom is -0.448 e. The summed E-state index contributed by atoms with van der Waals surface area (Å²) < 4.78 is 5.51. The molecule has 0 bridgehead atoms. The fraction of sp³-hybridized carbons (Fsp3) is 0.692. The average molecular weight is 244 g/mol. The molecule has 1 aromatic heterocycles. The van der Waals surface area contributed by atoms with Gasteiger partial charge >= 0.3 is 0 Å². The van der Waals surface area contributed by atoms with Gasteiger partial charge in [0, 0.05) is 0 Å². The second kappa shape index (κ2) is 6.97. The quantitative estimate of drug-likeness (QED) is 0.768. The molecule has 0 aliphatic rings. The van der Waals surface area contributed by atoms with Crippen molar-refractivity contribution in [3.8, 4) is 0 Å². The monoisotopic (exact) mass is 243 g/mol. The van der Waals surface area contributed by atoms with Crippen molar-refractivity contribution in [3.63, 3.8) is 0 Å². The van der Waals surface area contributed by atoms with Crippen molar-refractivity contribution in [2.24, 2.45) is 5.92 Å². The van der Waals surface area contributed by atoms with Crippen molar-refractivity contribution >= 4 is 11.6 Å². The van der Waals surface area contributed by atoms with Gasteiger partial charge in [-0.2, -0.15) is 0 Å². The van der Waals surface area contributed by atoms with Crippen LogP contribution in [0, 0.1) is 5.92 Å². The van der Waals surface area contributed by atoms with Gasteiger partial charge in [0.15, 0.2) is 5.22 Å². The zero-order chi connectivity index (χ0) is 12.0. The summed E-state index contributed by atoms with van der Waals surface area (Å²) in [6, 6.07) is 4.07. The molecule has 1 rings (SSSR count). The van der Waals surface area contributed by atoms with Crippen LogP contribution in [-0.2, 0) is 0 Å². The normalized spacial score (nSPS) is 15.0. The standard InChI is InChI=1S/C13H22ClNO/c1-4-6-10(3)13(15-9-5-2)11-7-8-12(14)16-11/h7-8,10,13,15H,4-6,9H2,1-3H3. The summed E-state index contributed by atoms with van der Waals surface area (Å²) in [5, 5.41) is 4.01. The lowest BCUT2D eigenvalue weighted by Crippen LogP contribution is -2.27. The number of nitrogens with one attached hydrogen (secondary N) is 1. The summed E-state index contributed by atoms with van der Waals surface area (Å²) in [4.78, 5) is 0. The van der Waals surface area contributed by atoms with E-state index in [-0.39, 0.29) is 6.04 Å². The maximum atomic E-state index is 5.83. The highest BCUT2D eigenvalue weighted by molar-refractivity contribution is 6.28. The van der Waals surface area contributed by atoms with Crippen molar-refractivity contribution in [2.45, 2.75) is 46.1 Å². The SMILES string of the molecule is CCCNC(c1ccc(Cl)o1)C(C)CCC. The van der Waals surface area contributed by atoms with E-state index in [9.17, 15) is 0 Å². The first kappa shape index (κ1) is 13.6. The molecule has 0 saturated heterocycles. The zero-order valence-electron chi connectivity index (χ0n) is 10.4. The van der Waals surface area contributed by atoms with E-state index >= 15 is 0 Å². The van der Waals surface area contributed by atoms with Gasteiger partial charge in [-0.25, -0.2) is 0 Å². The number of furan rings is 1. The molecular weight excluding hydrogens is 222 g/mol. The highest BCUT2D eigenvalue weighted by atomic mass is 35.5. The Morgan fingerprint density at radius 1 is 1.31 bits per heavy atom. The molecule has 0 amide bonds. The second-order valence-corrected chi connectivity index (χ2v) is 4.71. The van der Waals surface area contributed by atoms with Gasteiger partial charge in [0.25, 0.3) is 0 Å². The van der Waals surface area contributed by atoms with E-state index in [1.165, 1.54) is 12.8 Å². The Morgan fingerprint density at radius 2 is 2.06 bits per heavy atom. The van der Waals surface area contributed by atoms with Crippen LogP contribution < -0.4 is 5.32 Å². The van der Waals surface area contributed by atoms with Gasteiger partial charge in [0.2, 0.25) is 0 Å². The molecule has 0 aliphatic heterocycles. The minimum atomic E-state index is 0.285. The largest absolute Gasteiger partial charge is 0.448 e. The summed E-state index contributed by atoms with van der Waals surface area (Å²) in [7, 11) is 0. The van der Waals surface area contributed by atoms with E-state index in [0.29, 0.717) is 11.1 Å². The van der Waals surface area contributed by atoms with E-state index < -0.39 is 0 Å². The molecule has 1 aromatic rings. The Morgan fingerprint density at radius 3 is 2.56 bits per heavy atom. The van der Waals surface area contributed by atoms with E-state index in [1.54, 1.807) is 0 Å². The van der Waals surface area contributed by atoms with Crippen LogP contribution in [0.2, 0.25) is 5.22 Å². The predicted molar refractivity (Wildman–Crippen MR) is 68.8 cm³/mol. The van der Waals surface area contributed by atoms with Crippen LogP contribution in [0.15, 0.2) is 16.5 Å². The third-order valence-corrected chi connectivity index (χ3v) is 3.03. The Labute approximate surface area is 103 Å². The van der Waals surface area contributed by atoms with Gasteiger partial charge in [-0.15, -0.1) is 0 Å². The first-order chi connectivity index (χ1) is 7.69. The molecule has 1 N–H and O–H groups in total. The van der Waals surface area contributed by atoms with Crippen molar-refractivity contribution in [3.05, 3.63) is 23.1 Å². The highest BCUT2D eigenvalue weighted by Gasteiger charge is 2.20. The minimum absolute atomic E-state index is 0.285. The first-order valence-corrected chi connectivity index (χ1v) is 6.55. The molecule has 3 heteroatoms. The Hall–Kier alpha value is -0.470. The van der Waals surface area contributed by atoms with Gasteiger partial charge in [-0.3, -0.25) is 0 Å². The topological polar surface area (TPSA) is 25.2 Å². The van der Waals surface area contributed by atoms with E-state index in [4.69, 9.17) is 16.0 Å². The molecule has 16 heavy (non-hydrogen) atoms. The molecule has 2 nitrogen and oxygen atoms in total. The predicted octanol–water partition coefficient (Wildman–Crippen LogP) is 4.41. The van der Waals surface area contributed by atoms with E-state index in [0.717, 1.165) is 18.7 Å². The molecule has 0 saturated carbocycles. The lowest BCUT2D eigenvalue weighted by atomic mass is 9.95. The van der Waals surface area contributed by atoms with Crippen molar-refractivity contribution < 1.29 is 4.42 Å². The summed E-state index contributed by atoms with van der Waals surface area (Å²) in [6.07, 6.45) is 3.52. The van der Waals surface area contributed by atoms with Gasteiger partial charge in [-0.1, -0.05) is 27.2 Å². The number of halogens is 1. The maximum Gasteiger partial charge on any atom is 0.193 e. The lowest BCUT2D eigenvalue weighted by Gasteiger charge is -2.23. The molecule has 0 aromatic carbocycles. The summed E-state index contributed by atoms with van der Waals surface area (Å²) in [6.45, 7) is 7.65.